The van der Waals surface area contributed by atoms with E-state index in [1.165, 1.54) is 0 Å². The first-order chi connectivity index (χ1) is 5.93. The fraction of sp³-hybridized carbons (Fsp3) is 0.900. The molecule has 3 heteroatoms. The van der Waals surface area contributed by atoms with E-state index in [-0.39, 0.29) is 12.5 Å². The first-order valence-electron chi connectivity index (χ1n) is 4.71. The largest absolute Gasteiger partial charge is 0.396 e. The number of aliphatic hydroxyl groups is 1. The minimum Gasteiger partial charge on any atom is -0.396 e. The highest BCUT2D eigenvalue weighted by molar-refractivity contribution is 5.62. The predicted molar refractivity (Wildman–Crippen MR) is 49.4 cm³/mol. The van der Waals surface area contributed by atoms with Crippen LogP contribution < -0.4 is 0 Å². The molecule has 0 spiro atoms. The lowest BCUT2D eigenvalue weighted by molar-refractivity contribution is -0.193. The molecule has 1 heterocycles. The van der Waals surface area contributed by atoms with Crippen LogP contribution in [0.5, 0.6) is 0 Å². The molecule has 13 heavy (non-hydrogen) atoms. The maximum Gasteiger partial charge on any atom is 0.151 e. The lowest BCUT2D eigenvalue weighted by Gasteiger charge is -2.45. The van der Waals surface area contributed by atoms with Gasteiger partial charge in [0, 0.05) is 12.5 Å². The highest BCUT2D eigenvalue weighted by Crippen LogP contribution is 2.37. The predicted octanol–water partition coefficient (Wildman–Crippen LogP) is 1.14. The van der Waals surface area contributed by atoms with E-state index in [4.69, 9.17) is 9.84 Å². The number of carbonyl (C=O) groups is 1. The van der Waals surface area contributed by atoms with Crippen LogP contribution in [0.2, 0.25) is 0 Å². The summed E-state index contributed by atoms with van der Waals surface area (Å²) in [6.07, 6.45) is 2.41. The minimum absolute atomic E-state index is 0.127. The van der Waals surface area contributed by atoms with Crippen molar-refractivity contribution >= 4 is 6.29 Å². The van der Waals surface area contributed by atoms with E-state index >= 15 is 0 Å². The summed E-state index contributed by atoms with van der Waals surface area (Å²) in [5.41, 5.74) is -1.06. The molecule has 76 valence electrons. The molecule has 3 nitrogen and oxygen atoms in total. The van der Waals surface area contributed by atoms with Gasteiger partial charge in [0.15, 0.2) is 6.29 Å². The molecule has 2 unspecified atom stereocenters. The van der Waals surface area contributed by atoms with Crippen molar-refractivity contribution in [2.24, 2.45) is 5.92 Å². The summed E-state index contributed by atoms with van der Waals surface area (Å²) in [6.45, 7) is 5.78. The Morgan fingerprint density at radius 1 is 1.54 bits per heavy atom. The van der Waals surface area contributed by atoms with Crippen molar-refractivity contribution in [3.63, 3.8) is 0 Å². The standard InChI is InChI=1S/C10H18O3/c1-9(2)8(6-11)4-5-10(3,7-12)13-9/h7-8,11H,4-6H2,1-3H3. The summed E-state index contributed by atoms with van der Waals surface area (Å²) >= 11 is 0. The van der Waals surface area contributed by atoms with Crippen molar-refractivity contribution in [3.8, 4) is 0 Å². The number of hydrogen-bond donors (Lipinski definition) is 1. The molecular weight excluding hydrogens is 168 g/mol. The Labute approximate surface area is 79.1 Å². The second-order valence-corrected chi connectivity index (χ2v) is 4.55. The van der Waals surface area contributed by atoms with Gasteiger partial charge in [-0.3, -0.25) is 0 Å². The zero-order valence-electron chi connectivity index (χ0n) is 8.54. The van der Waals surface area contributed by atoms with Gasteiger partial charge >= 0.3 is 0 Å². The number of hydrogen-bond acceptors (Lipinski definition) is 3. The van der Waals surface area contributed by atoms with Gasteiger partial charge in [-0.2, -0.15) is 0 Å². The van der Waals surface area contributed by atoms with E-state index in [1.807, 2.05) is 13.8 Å². The summed E-state index contributed by atoms with van der Waals surface area (Å²) in [7, 11) is 0. The van der Waals surface area contributed by atoms with E-state index in [0.29, 0.717) is 6.42 Å². The Hall–Kier alpha value is -0.410. The molecule has 1 saturated heterocycles. The molecule has 1 aliphatic heterocycles. The summed E-state index contributed by atoms with van der Waals surface area (Å²) in [6, 6.07) is 0. The van der Waals surface area contributed by atoms with Crippen LogP contribution in [-0.4, -0.2) is 29.2 Å². The molecule has 1 fully saturated rings. The Bertz CT molecular complexity index is 200. The number of ether oxygens (including phenoxy) is 1. The highest BCUT2D eigenvalue weighted by Gasteiger charge is 2.43. The van der Waals surface area contributed by atoms with Crippen LogP contribution in [0.25, 0.3) is 0 Å². The molecule has 0 radical (unpaired) electrons. The molecule has 0 aromatic rings. The van der Waals surface area contributed by atoms with Gasteiger partial charge in [0.2, 0.25) is 0 Å². The maximum atomic E-state index is 10.8. The van der Waals surface area contributed by atoms with Crippen LogP contribution in [0.3, 0.4) is 0 Å². The fourth-order valence-corrected chi connectivity index (χ4v) is 1.94. The van der Waals surface area contributed by atoms with Gasteiger partial charge in [0.25, 0.3) is 0 Å². The van der Waals surface area contributed by atoms with Crippen LogP contribution in [0, 0.1) is 5.92 Å². The third kappa shape index (κ3) is 2.09. The first-order valence-corrected chi connectivity index (χ1v) is 4.71. The van der Waals surface area contributed by atoms with Crippen LogP contribution >= 0.6 is 0 Å². The average molecular weight is 186 g/mol. The molecule has 2 atom stereocenters. The molecule has 0 aromatic carbocycles. The molecule has 0 amide bonds. The summed E-state index contributed by atoms with van der Waals surface area (Å²) in [5.74, 6) is 0.139. The normalized spacial score (nSPS) is 38.6. The summed E-state index contributed by atoms with van der Waals surface area (Å²) in [5, 5.41) is 9.10. The van der Waals surface area contributed by atoms with Gasteiger partial charge in [-0.25, -0.2) is 0 Å². The zero-order valence-corrected chi connectivity index (χ0v) is 8.54. The third-order valence-corrected chi connectivity index (χ3v) is 2.94. The first kappa shape index (κ1) is 10.7. The van der Waals surface area contributed by atoms with Crippen molar-refractivity contribution in [2.45, 2.75) is 44.8 Å². The summed E-state index contributed by atoms with van der Waals surface area (Å²) in [4.78, 5) is 10.8. The lowest BCUT2D eigenvalue weighted by Crippen LogP contribution is -2.50. The SMILES string of the molecule is CC1(C=O)CCC(CO)C(C)(C)O1. The molecule has 1 rings (SSSR count). The van der Waals surface area contributed by atoms with Gasteiger partial charge < -0.3 is 14.6 Å². The van der Waals surface area contributed by atoms with Gasteiger partial charge in [-0.15, -0.1) is 0 Å². The quantitative estimate of drug-likeness (QED) is 0.658. The number of rotatable bonds is 2. The second-order valence-electron chi connectivity index (χ2n) is 4.55. The van der Waals surface area contributed by atoms with Gasteiger partial charge in [-0.05, 0) is 33.6 Å². The van der Waals surface area contributed by atoms with E-state index in [0.717, 1.165) is 12.7 Å². The van der Waals surface area contributed by atoms with Crippen molar-refractivity contribution in [2.75, 3.05) is 6.61 Å². The van der Waals surface area contributed by atoms with Crippen LogP contribution in [0.4, 0.5) is 0 Å². The van der Waals surface area contributed by atoms with Crippen LogP contribution in [-0.2, 0) is 9.53 Å². The second kappa shape index (κ2) is 3.39. The highest BCUT2D eigenvalue weighted by atomic mass is 16.5. The van der Waals surface area contributed by atoms with Crippen LogP contribution in [0.1, 0.15) is 33.6 Å². The number of carbonyl (C=O) groups excluding carboxylic acids is 1. The maximum absolute atomic E-state index is 10.8. The van der Waals surface area contributed by atoms with Crippen molar-refractivity contribution in [3.05, 3.63) is 0 Å². The van der Waals surface area contributed by atoms with Crippen molar-refractivity contribution in [1.29, 1.82) is 0 Å². The van der Waals surface area contributed by atoms with E-state index in [1.54, 1.807) is 6.92 Å². The topological polar surface area (TPSA) is 46.5 Å². The molecule has 0 saturated carbocycles. The lowest BCUT2D eigenvalue weighted by atomic mass is 9.80. The summed E-state index contributed by atoms with van der Waals surface area (Å²) < 4.78 is 5.69. The Morgan fingerprint density at radius 3 is 2.54 bits per heavy atom. The minimum atomic E-state index is -0.658. The monoisotopic (exact) mass is 186 g/mol. The molecule has 1 aliphatic rings. The van der Waals surface area contributed by atoms with Gasteiger partial charge in [-0.1, -0.05) is 0 Å². The smallest absolute Gasteiger partial charge is 0.151 e. The van der Waals surface area contributed by atoms with Crippen molar-refractivity contribution in [1.82, 2.24) is 0 Å². The fourth-order valence-electron chi connectivity index (χ4n) is 1.94. The number of aliphatic hydroxyl groups excluding tert-OH is 1. The molecule has 0 aliphatic carbocycles. The molecule has 0 bridgehead atoms. The van der Waals surface area contributed by atoms with E-state index in [2.05, 4.69) is 0 Å². The average Bonchev–Trinajstić information content (AvgIpc) is 2.03. The Morgan fingerprint density at radius 2 is 2.15 bits per heavy atom. The van der Waals surface area contributed by atoms with Gasteiger partial charge in [0.05, 0.1) is 5.60 Å². The Balaban J connectivity index is 2.75. The van der Waals surface area contributed by atoms with Crippen LogP contribution in [0.15, 0.2) is 0 Å². The van der Waals surface area contributed by atoms with E-state index < -0.39 is 11.2 Å². The Kier molecular flexibility index (Phi) is 2.78. The molecule has 0 aromatic heterocycles. The van der Waals surface area contributed by atoms with Gasteiger partial charge in [0.1, 0.15) is 5.60 Å². The number of aldehydes is 1. The molecule has 1 N–H and O–H groups in total. The molecular formula is C10H18O3. The third-order valence-electron chi connectivity index (χ3n) is 2.94. The zero-order chi connectivity index (χ0) is 10.1. The van der Waals surface area contributed by atoms with E-state index in [9.17, 15) is 4.79 Å². The van der Waals surface area contributed by atoms with Crippen molar-refractivity contribution < 1.29 is 14.6 Å².